The Morgan fingerprint density at radius 2 is 2.11 bits per heavy atom. The Balaban J connectivity index is 1.66. The lowest BCUT2D eigenvalue weighted by atomic mass is 10.1. The van der Waals surface area contributed by atoms with Crippen molar-refractivity contribution in [2.45, 2.75) is 19.8 Å². The number of nitrogens with zero attached hydrogens (tertiary/aromatic N) is 3. The highest BCUT2D eigenvalue weighted by Crippen LogP contribution is 2.21. The number of nitrogen functional groups attached to an aromatic ring is 1. The van der Waals surface area contributed by atoms with Crippen LogP contribution in [-0.2, 0) is 6.42 Å². The minimum absolute atomic E-state index is 0.206. The number of anilines is 1. The fourth-order valence-corrected chi connectivity index (χ4v) is 2.73. The number of amides is 1. The van der Waals surface area contributed by atoms with Crippen molar-refractivity contribution in [2.75, 3.05) is 12.3 Å². The molecule has 8 heteroatoms. The maximum Gasteiger partial charge on any atom is 0.254 e. The van der Waals surface area contributed by atoms with E-state index in [2.05, 4.69) is 16.5 Å². The number of aryl methyl sites for hydroxylation is 2. The predicted molar refractivity (Wildman–Crippen MR) is 96.7 cm³/mol. The SMILES string of the molecule is Cc1occc1C(=O)NCCCc1nn(-c2ccc(F)cc2)c(N)c1C#N. The lowest BCUT2D eigenvalue weighted by Gasteiger charge is -2.04. The van der Waals surface area contributed by atoms with Gasteiger partial charge in [0.2, 0.25) is 0 Å². The number of nitrogens with one attached hydrogen (secondary N) is 1. The number of nitriles is 1. The summed E-state index contributed by atoms with van der Waals surface area (Å²) in [5, 5.41) is 16.6. The molecular weight excluding hydrogens is 349 g/mol. The maximum absolute atomic E-state index is 13.1. The molecule has 0 aliphatic rings. The number of nitrogens with two attached hydrogens (primary N) is 1. The highest BCUT2D eigenvalue weighted by Gasteiger charge is 2.17. The van der Waals surface area contributed by atoms with Gasteiger partial charge in [-0.15, -0.1) is 0 Å². The van der Waals surface area contributed by atoms with Crippen LogP contribution in [0, 0.1) is 24.1 Å². The van der Waals surface area contributed by atoms with Gasteiger partial charge in [0.1, 0.15) is 29.0 Å². The molecule has 1 amide bonds. The molecule has 0 saturated heterocycles. The van der Waals surface area contributed by atoms with E-state index in [0.29, 0.717) is 42.1 Å². The van der Waals surface area contributed by atoms with E-state index < -0.39 is 0 Å². The van der Waals surface area contributed by atoms with Gasteiger partial charge in [-0.05, 0) is 50.1 Å². The third-order valence-corrected chi connectivity index (χ3v) is 4.16. The van der Waals surface area contributed by atoms with Crippen LogP contribution in [0.2, 0.25) is 0 Å². The van der Waals surface area contributed by atoms with Crippen LogP contribution in [0.5, 0.6) is 0 Å². The van der Waals surface area contributed by atoms with E-state index >= 15 is 0 Å². The molecule has 2 aromatic heterocycles. The van der Waals surface area contributed by atoms with Gasteiger partial charge in [0.15, 0.2) is 0 Å². The molecule has 0 fully saturated rings. The second kappa shape index (κ2) is 7.74. The Morgan fingerprint density at radius 1 is 1.37 bits per heavy atom. The van der Waals surface area contributed by atoms with Crippen LogP contribution in [0.1, 0.15) is 33.8 Å². The third kappa shape index (κ3) is 3.82. The number of hydrogen-bond acceptors (Lipinski definition) is 5. The fourth-order valence-electron chi connectivity index (χ4n) is 2.73. The van der Waals surface area contributed by atoms with E-state index in [0.717, 1.165) is 0 Å². The molecule has 0 atom stereocenters. The van der Waals surface area contributed by atoms with Gasteiger partial charge in [0.05, 0.1) is 23.2 Å². The second-order valence-corrected chi connectivity index (χ2v) is 5.96. The number of carbonyl (C=O) groups is 1. The molecule has 27 heavy (non-hydrogen) atoms. The summed E-state index contributed by atoms with van der Waals surface area (Å²) in [5.41, 5.74) is 7.91. The first-order valence-electron chi connectivity index (χ1n) is 8.37. The standard InChI is InChI=1S/C19H18FN5O2/c1-12-15(8-10-27-12)19(26)23-9-2-3-17-16(11-21)18(22)25(24-17)14-6-4-13(20)5-7-14/h4-8,10H,2-3,9,22H2,1H3,(H,23,26). The lowest BCUT2D eigenvalue weighted by Crippen LogP contribution is -2.25. The number of benzene rings is 1. The van der Waals surface area contributed by atoms with Gasteiger partial charge in [-0.3, -0.25) is 4.79 Å². The van der Waals surface area contributed by atoms with Crippen LogP contribution in [0.25, 0.3) is 5.69 Å². The molecule has 7 nitrogen and oxygen atoms in total. The van der Waals surface area contributed by atoms with Crippen LogP contribution in [0.15, 0.2) is 41.0 Å². The molecule has 0 radical (unpaired) electrons. The molecular formula is C19H18FN5O2. The summed E-state index contributed by atoms with van der Waals surface area (Å²) in [6.07, 6.45) is 2.51. The molecule has 0 aliphatic carbocycles. The normalized spacial score (nSPS) is 10.6. The summed E-state index contributed by atoms with van der Waals surface area (Å²) >= 11 is 0. The zero-order valence-electron chi connectivity index (χ0n) is 14.7. The smallest absolute Gasteiger partial charge is 0.254 e. The van der Waals surface area contributed by atoms with Crippen LogP contribution in [0.3, 0.4) is 0 Å². The molecule has 138 valence electrons. The number of aromatic nitrogens is 2. The Labute approximate surface area is 155 Å². The first-order valence-corrected chi connectivity index (χ1v) is 8.37. The van der Waals surface area contributed by atoms with E-state index in [-0.39, 0.29) is 23.1 Å². The van der Waals surface area contributed by atoms with E-state index in [9.17, 15) is 14.4 Å². The second-order valence-electron chi connectivity index (χ2n) is 5.96. The topological polar surface area (TPSA) is 110 Å². The summed E-state index contributed by atoms with van der Waals surface area (Å²) in [6, 6.07) is 9.36. The third-order valence-electron chi connectivity index (χ3n) is 4.16. The largest absolute Gasteiger partial charge is 0.469 e. The lowest BCUT2D eigenvalue weighted by molar-refractivity contribution is 0.0951. The minimum Gasteiger partial charge on any atom is -0.469 e. The molecule has 0 saturated carbocycles. The van der Waals surface area contributed by atoms with E-state index in [1.165, 1.54) is 35.2 Å². The molecule has 0 bridgehead atoms. The average Bonchev–Trinajstić information content (AvgIpc) is 3.22. The van der Waals surface area contributed by atoms with Crippen LogP contribution in [0.4, 0.5) is 10.2 Å². The highest BCUT2D eigenvalue weighted by molar-refractivity contribution is 5.94. The first kappa shape index (κ1) is 18.2. The Hall–Kier alpha value is -3.60. The van der Waals surface area contributed by atoms with Crippen molar-refractivity contribution in [1.29, 1.82) is 5.26 Å². The highest BCUT2D eigenvalue weighted by atomic mass is 19.1. The molecule has 0 spiro atoms. The zero-order valence-corrected chi connectivity index (χ0v) is 14.7. The number of hydrogen-bond donors (Lipinski definition) is 2. The van der Waals surface area contributed by atoms with Gasteiger partial charge in [-0.2, -0.15) is 10.4 Å². The summed E-state index contributed by atoms with van der Waals surface area (Å²) in [4.78, 5) is 12.0. The van der Waals surface area contributed by atoms with E-state index in [1.54, 1.807) is 13.0 Å². The number of furan rings is 1. The van der Waals surface area contributed by atoms with Gasteiger partial charge in [-0.25, -0.2) is 9.07 Å². The Morgan fingerprint density at radius 3 is 2.74 bits per heavy atom. The van der Waals surface area contributed by atoms with E-state index in [1.807, 2.05) is 0 Å². The summed E-state index contributed by atoms with van der Waals surface area (Å²) in [6.45, 7) is 2.14. The van der Waals surface area contributed by atoms with Gasteiger partial charge < -0.3 is 15.5 Å². The molecule has 1 aromatic carbocycles. The van der Waals surface area contributed by atoms with Gasteiger partial charge >= 0.3 is 0 Å². The van der Waals surface area contributed by atoms with Gasteiger partial charge in [0, 0.05) is 6.54 Å². The fraction of sp³-hybridized carbons (Fsp3) is 0.211. The first-order chi connectivity index (χ1) is 13.0. The van der Waals surface area contributed by atoms with Crippen molar-refractivity contribution in [3.63, 3.8) is 0 Å². The van der Waals surface area contributed by atoms with Crippen molar-refractivity contribution in [3.05, 3.63) is 65.0 Å². The van der Waals surface area contributed by atoms with Gasteiger partial charge in [-0.1, -0.05) is 0 Å². The number of halogens is 1. The van der Waals surface area contributed by atoms with Crippen molar-refractivity contribution in [3.8, 4) is 11.8 Å². The van der Waals surface area contributed by atoms with Gasteiger partial charge in [0.25, 0.3) is 5.91 Å². The van der Waals surface area contributed by atoms with Crippen LogP contribution >= 0.6 is 0 Å². The number of carbonyl (C=O) groups excluding carboxylic acids is 1. The summed E-state index contributed by atoms with van der Waals surface area (Å²) in [5.74, 6) is 0.189. The molecule has 3 aromatic rings. The van der Waals surface area contributed by atoms with E-state index in [4.69, 9.17) is 10.2 Å². The monoisotopic (exact) mass is 367 g/mol. The Bertz CT molecular complexity index is 998. The van der Waals surface area contributed by atoms with Crippen molar-refractivity contribution in [1.82, 2.24) is 15.1 Å². The average molecular weight is 367 g/mol. The summed E-state index contributed by atoms with van der Waals surface area (Å²) < 4.78 is 19.6. The van der Waals surface area contributed by atoms with Crippen LogP contribution in [-0.4, -0.2) is 22.2 Å². The van der Waals surface area contributed by atoms with Crippen molar-refractivity contribution >= 4 is 11.7 Å². The van der Waals surface area contributed by atoms with Crippen LogP contribution < -0.4 is 11.1 Å². The molecule has 0 unspecified atom stereocenters. The predicted octanol–water partition coefficient (Wildman–Crippen LogP) is 2.73. The minimum atomic E-state index is -0.367. The van der Waals surface area contributed by atoms with Crippen molar-refractivity contribution < 1.29 is 13.6 Å². The maximum atomic E-state index is 13.1. The molecule has 3 rings (SSSR count). The summed E-state index contributed by atoms with van der Waals surface area (Å²) in [7, 11) is 0. The number of rotatable bonds is 6. The quantitative estimate of drug-likeness (QED) is 0.651. The molecule has 2 heterocycles. The molecule has 3 N–H and O–H groups in total. The Kier molecular flexibility index (Phi) is 5.22. The van der Waals surface area contributed by atoms with Crippen molar-refractivity contribution in [2.24, 2.45) is 0 Å². The molecule has 0 aliphatic heterocycles. The zero-order chi connectivity index (χ0) is 19.4.